The Kier molecular flexibility index (Phi) is 4.37. The van der Waals surface area contributed by atoms with E-state index in [4.69, 9.17) is 18.8 Å². The van der Waals surface area contributed by atoms with Crippen LogP contribution >= 0.6 is 0 Å². The van der Waals surface area contributed by atoms with E-state index in [1.165, 1.54) is 5.23 Å². The van der Waals surface area contributed by atoms with Gasteiger partial charge in [0.1, 0.15) is 12.2 Å². The van der Waals surface area contributed by atoms with Crippen molar-refractivity contribution in [1.82, 2.24) is 5.23 Å². The molecular formula is C15H27NO5Si. The molecule has 22 heavy (non-hydrogen) atoms. The molecule has 0 N–H and O–H groups in total. The average Bonchev–Trinajstić information content (AvgIpc) is 3.04. The van der Waals surface area contributed by atoms with Gasteiger partial charge in [0, 0.05) is 5.54 Å². The number of hydrogen-bond acceptors (Lipinski definition) is 6. The van der Waals surface area contributed by atoms with E-state index in [1.54, 1.807) is 0 Å². The SMILES string of the molecule is CCCCC[C@@H]1ON2OC[C@@H]3[C@@]2(C(=O)OCC)[C@H]1O[Si]3(C)C. The van der Waals surface area contributed by atoms with Crippen LogP contribution in [0.1, 0.15) is 39.5 Å². The van der Waals surface area contributed by atoms with E-state index in [-0.39, 0.29) is 23.7 Å². The van der Waals surface area contributed by atoms with Gasteiger partial charge >= 0.3 is 5.97 Å². The monoisotopic (exact) mass is 329 g/mol. The van der Waals surface area contributed by atoms with Crippen LogP contribution in [-0.4, -0.2) is 50.5 Å². The maximum absolute atomic E-state index is 12.8. The van der Waals surface area contributed by atoms with Crippen molar-refractivity contribution >= 4 is 14.3 Å². The molecule has 3 aliphatic rings. The number of nitrogens with zero attached hydrogens (tertiary/aromatic N) is 1. The van der Waals surface area contributed by atoms with Crippen molar-refractivity contribution in [3.05, 3.63) is 0 Å². The topological polar surface area (TPSA) is 57.2 Å². The van der Waals surface area contributed by atoms with E-state index in [2.05, 4.69) is 20.0 Å². The van der Waals surface area contributed by atoms with E-state index in [0.29, 0.717) is 13.2 Å². The van der Waals surface area contributed by atoms with Crippen LogP contribution in [0.3, 0.4) is 0 Å². The Hall–Kier alpha value is -0.473. The quantitative estimate of drug-likeness (QED) is 0.424. The molecule has 3 heterocycles. The lowest BCUT2D eigenvalue weighted by atomic mass is 9.86. The summed E-state index contributed by atoms with van der Waals surface area (Å²) < 4.78 is 11.8. The fourth-order valence-corrected chi connectivity index (χ4v) is 7.14. The van der Waals surface area contributed by atoms with Crippen LogP contribution in [0, 0.1) is 0 Å². The van der Waals surface area contributed by atoms with Crippen molar-refractivity contribution < 1.29 is 23.6 Å². The summed E-state index contributed by atoms with van der Waals surface area (Å²) in [5, 5.41) is 1.43. The molecule has 0 aromatic rings. The van der Waals surface area contributed by atoms with Crippen molar-refractivity contribution in [1.29, 1.82) is 0 Å². The standard InChI is InChI=1S/C15H27NO5Si/c1-5-7-8-9-11-13-15(14(17)18-6-2)12(22(3,4)21-13)10-19-16(15)20-11/h11-13H,5-10H2,1-4H3/t11-,12+,13-,15-/m0/s1. The molecule has 0 saturated carbocycles. The lowest BCUT2D eigenvalue weighted by molar-refractivity contribution is -0.355. The normalized spacial score (nSPS) is 39.2. The molecule has 3 fully saturated rings. The number of hydroxylamine groups is 2. The first-order chi connectivity index (χ1) is 10.5. The Morgan fingerprint density at radius 1 is 1.36 bits per heavy atom. The van der Waals surface area contributed by atoms with Gasteiger partial charge in [0.05, 0.1) is 13.2 Å². The van der Waals surface area contributed by atoms with Gasteiger partial charge in [-0.05, 0) is 31.7 Å². The number of carbonyl (C=O) groups is 1. The van der Waals surface area contributed by atoms with Crippen molar-refractivity contribution in [3.8, 4) is 0 Å². The van der Waals surface area contributed by atoms with E-state index >= 15 is 0 Å². The molecular weight excluding hydrogens is 302 g/mol. The summed E-state index contributed by atoms with van der Waals surface area (Å²) in [7, 11) is -2.02. The third-order valence-corrected chi connectivity index (χ3v) is 8.31. The number of esters is 1. The van der Waals surface area contributed by atoms with Crippen molar-refractivity contribution in [3.63, 3.8) is 0 Å². The molecule has 0 aromatic carbocycles. The first-order valence-electron chi connectivity index (χ1n) is 8.43. The summed E-state index contributed by atoms with van der Waals surface area (Å²) in [5.41, 5.74) is -0.831. The van der Waals surface area contributed by atoms with Gasteiger partial charge in [-0.25, -0.2) is 4.79 Å². The summed E-state index contributed by atoms with van der Waals surface area (Å²) in [4.78, 5) is 24.4. The zero-order valence-electron chi connectivity index (χ0n) is 14.0. The van der Waals surface area contributed by atoms with Crippen LogP contribution < -0.4 is 0 Å². The smallest absolute Gasteiger partial charge is 0.334 e. The fourth-order valence-electron chi connectivity index (χ4n) is 4.07. The maximum Gasteiger partial charge on any atom is 0.334 e. The van der Waals surface area contributed by atoms with E-state index in [9.17, 15) is 4.79 Å². The molecule has 3 saturated heterocycles. The Morgan fingerprint density at radius 3 is 2.82 bits per heavy atom. The van der Waals surface area contributed by atoms with Gasteiger partial charge in [-0.1, -0.05) is 26.2 Å². The molecule has 0 aliphatic carbocycles. The molecule has 0 unspecified atom stereocenters. The Morgan fingerprint density at radius 2 is 2.14 bits per heavy atom. The molecule has 0 amide bonds. The van der Waals surface area contributed by atoms with Crippen LogP contribution in [0.15, 0.2) is 0 Å². The molecule has 4 atom stereocenters. The Bertz CT molecular complexity index is 446. The number of unbranched alkanes of at least 4 members (excludes halogenated alkanes) is 2. The third-order valence-electron chi connectivity index (χ3n) is 5.16. The van der Waals surface area contributed by atoms with E-state index in [1.807, 2.05) is 6.92 Å². The minimum absolute atomic E-state index is 0.0558. The molecule has 0 spiro atoms. The molecule has 6 nitrogen and oxygen atoms in total. The van der Waals surface area contributed by atoms with Crippen LogP contribution in [-0.2, 0) is 23.6 Å². The molecule has 126 valence electrons. The highest BCUT2D eigenvalue weighted by Gasteiger charge is 2.78. The summed E-state index contributed by atoms with van der Waals surface area (Å²) in [6.45, 7) is 9.16. The fraction of sp³-hybridized carbons (Fsp3) is 0.933. The second-order valence-electron chi connectivity index (χ2n) is 6.93. The van der Waals surface area contributed by atoms with Gasteiger partial charge in [0.25, 0.3) is 0 Å². The van der Waals surface area contributed by atoms with E-state index in [0.717, 1.165) is 25.7 Å². The molecule has 0 bridgehead atoms. The first kappa shape index (κ1) is 16.4. The average molecular weight is 329 g/mol. The van der Waals surface area contributed by atoms with Gasteiger partial charge in [0.2, 0.25) is 5.54 Å². The second-order valence-corrected chi connectivity index (χ2v) is 11.1. The third kappa shape index (κ3) is 2.17. The zero-order valence-corrected chi connectivity index (χ0v) is 15.0. The highest BCUT2D eigenvalue weighted by atomic mass is 28.4. The minimum Gasteiger partial charge on any atom is -0.464 e. The molecule has 3 aliphatic heterocycles. The Balaban J connectivity index is 1.88. The van der Waals surface area contributed by atoms with Gasteiger partial charge in [-0.3, -0.25) is 9.68 Å². The first-order valence-corrected chi connectivity index (χ1v) is 11.4. The van der Waals surface area contributed by atoms with E-state index < -0.39 is 13.9 Å². The van der Waals surface area contributed by atoms with Crippen molar-refractivity contribution in [2.75, 3.05) is 13.2 Å². The van der Waals surface area contributed by atoms with Gasteiger partial charge in [0.15, 0.2) is 8.32 Å². The second kappa shape index (κ2) is 5.87. The van der Waals surface area contributed by atoms with Crippen LogP contribution in [0.2, 0.25) is 18.6 Å². The maximum atomic E-state index is 12.8. The summed E-state index contributed by atoms with van der Waals surface area (Å²) in [6.07, 6.45) is 3.89. The lowest BCUT2D eigenvalue weighted by Crippen LogP contribution is -2.54. The number of ether oxygens (including phenoxy) is 1. The Labute approximate surface area is 133 Å². The molecule has 0 aromatic heterocycles. The lowest BCUT2D eigenvalue weighted by Gasteiger charge is -2.28. The van der Waals surface area contributed by atoms with Gasteiger partial charge in [-0.15, -0.1) is 0 Å². The summed E-state index contributed by atoms with van der Waals surface area (Å²) >= 11 is 0. The van der Waals surface area contributed by atoms with Crippen LogP contribution in [0.5, 0.6) is 0 Å². The predicted octanol–water partition coefficient (Wildman–Crippen LogP) is 2.40. The largest absolute Gasteiger partial charge is 0.464 e. The molecule has 7 heteroatoms. The summed E-state index contributed by atoms with van der Waals surface area (Å²) in [6, 6.07) is 0. The van der Waals surface area contributed by atoms with Crippen molar-refractivity contribution in [2.24, 2.45) is 0 Å². The van der Waals surface area contributed by atoms with Crippen molar-refractivity contribution in [2.45, 2.75) is 75.9 Å². The number of rotatable bonds is 6. The summed E-state index contributed by atoms with van der Waals surface area (Å²) in [5.74, 6) is -0.251. The van der Waals surface area contributed by atoms with Gasteiger partial charge in [-0.2, -0.15) is 0 Å². The van der Waals surface area contributed by atoms with Crippen LogP contribution in [0.25, 0.3) is 0 Å². The number of carbonyl (C=O) groups excluding carboxylic acids is 1. The highest BCUT2D eigenvalue weighted by Crippen LogP contribution is 2.58. The molecule has 3 rings (SSSR count). The highest BCUT2D eigenvalue weighted by molar-refractivity contribution is 6.74. The van der Waals surface area contributed by atoms with Gasteiger partial charge < -0.3 is 9.16 Å². The minimum atomic E-state index is -2.02. The van der Waals surface area contributed by atoms with Crippen LogP contribution in [0.4, 0.5) is 0 Å². The molecule has 0 radical (unpaired) electrons. The zero-order chi connectivity index (χ0) is 16.0. The number of hydrogen-bond donors (Lipinski definition) is 0. The predicted molar refractivity (Wildman–Crippen MR) is 82.3 cm³/mol.